The molecule has 0 fully saturated rings. The van der Waals surface area contributed by atoms with Crippen LogP contribution in [0.4, 0.5) is 0 Å². The van der Waals surface area contributed by atoms with Gasteiger partial charge in [0.2, 0.25) is 0 Å². The number of hydrogen-bond donors (Lipinski definition) is 0. The first-order valence-corrected chi connectivity index (χ1v) is 6.64. The van der Waals surface area contributed by atoms with Gasteiger partial charge in [-0.2, -0.15) is 0 Å². The number of ether oxygens (including phenoxy) is 1. The summed E-state index contributed by atoms with van der Waals surface area (Å²) in [5.41, 5.74) is 1.19. The molecule has 1 unspecified atom stereocenters. The quantitative estimate of drug-likeness (QED) is 0.582. The Morgan fingerprint density at radius 2 is 2.00 bits per heavy atom. The molecule has 0 aliphatic rings. The Morgan fingerprint density at radius 3 is 2.44 bits per heavy atom. The molecule has 0 N–H and O–H groups in total. The van der Waals surface area contributed by atoms with Gasteiger partial charge < -0.3 is 4.74 Å². The van der Waals surface area contributed by atoms with E-state index >= 15 is 0 Å². The second-order valence-electron chi connectivity index (χ2n) is 3.68. The Hall–Kier alpha value is -0.960. The zero-order valence-electron chi connectivity index (χ0n) is 10.0. The first kappa shape index (κ1) is 13.1. The summed E-state index contributed by atoms with van der Waals surface area (Å²) in [5, 5.41) is 0. The van der Waals surface area contributed by atoms with Gasteiger partial charge in [0, 0.05) is 4.90 Å². The average Bonchev–Trinajstić information content (AvgIpc) is 2.35. The van der Waals surface area contributed by atoms with E-state index in [4.69, 9.17) is 4.74 Å². The lowest BCUT2D eigenvalue weighted by molar-refractivity contribution is -0.145. The number of rotatable bonds is 5. The van der Waals surface area contributed by atoms with Gasteiger partial charge in [0.25, 0.3) is 0 Å². The van der Waals surface area contributed by atoms with Gasteiger partial charge in [-0.05, 0) is 36.8 Å². The van der Waals surface area contributed by atoms with Crippen molar-refractivity contribution in [2.24, 2.45) is 5.92 Å². The lowest BCUT2D eigenvalue weighted by Crippen LogP contribution is -2.17. The minimum atomic E-state index is -0.114. The summed E-state index contributed by atoms with van der Waals surface area (Å²) in [5.74, 6) is -0.137. The molecule has 3 heteroatoms. The Kier molecular flexibility index (Phi) is 5.39. The molecule has 0 saturated carbocycles. The fraction of sp³-hybridized carbons (Fsp3) is 0.462. The lowest BCUT2D eigenvalue weighted by atomic mass is 9.97. The first-order chi connectivity index (χ1) is 7.71. The number of thioether (sulfide) groups is 1. The molecule has 1 atom stereocenters. The van der Waals surface area contributed by atoms with E-state index in [1.165, 1.54) is 17.6 Å². The van der Waals surface area contributed by atoms with Crippen LogP contribution in [0.3, 0.4) is 0 Å². The molecule has 0 aromatic heterocycles. The third kappa shape index (κ3) is 3.56. The fourth-order valence-electron chi connectivity index (χ4n) is 1.61. The molecule has 1 aromatic carbocycles. The molecule has 0 aliphatic carbocycles. The molecule has 16 heavy (non-hydrogen) atoms. The predicted octanol–water partition coefficient (Wildman–Crippen LogP) is 3.15. The van der Waals surface area contributed by atoms with E-state index in [9.17, 15) is 4.79 Å². The van der Waals surface area contributed by atoms with Crippen molar-refractivity contribution in [2.45, 2.75) is 24.7 Å². The van der Waals surface area contributed by atoms with Crippen LogP contribution in [0.25, 0.3) is 0 Å². The molecule has 0 amide bonds. The zero-order chi connectivity index (χ0) is 12.0. The lowest BCUT2D eigenvalue weighted by Gasteiger charge is -2.12. The van der Waals surface area contributed by atoms with Crippen molar-refractivity contribution in [1.29, 1.82) is 0 Å². The van der Waals surface area contributed by atoms with Crippen LogP contribution in [0.1, 0.15) is 18.9 Å². The third-order valence-electron chi connectivity index (χ3n) is 2.67. The average molecular weight is 238 g/mol. The van der Waals surface area contributed by atoms with Crippen molar-refractivity contribution >= 4 is 17.7 Å². The van der Waals surface area contributed by atoms with Gasteiger partial charge >= 0.3 is 5.97 Å². The van der Waals surface area contributed by atoms with Gasteiger partial charge in [0.1, 0.15) is 0 Å². The van der Waals surface area contributed by atoms with Crippen LogP contribution in [0.2, 0.25) is 0 Å². The first-order valence-electron chi connectivity index (χ1n) is 5.42. The van der Waals surface area contributed by atoms with Gasteiger partial charge in [-0.1, -0.05) is 19.1 Å². The second kappa shape index (κ2) is 6.59. The van der Waals surface area contributed by atoms with Crippen molar-refractivity contribution in [3.63, 3.8) is 0 Å². The Labute approximate surface area is 101 Å². The molecular formula is C13H18O2S. The third-order valence-corrected chi connectivity index (χ3v) is 3.41. The van der Waals surface area contributed by atoms with E-state index < -0.39 is 0 Å². The summed E-state index contributed by atoms with van der Waals surface area (Å²) < 4.78 is 4.78. The molecule has 2 nitrogen and oxygen atoms in total. The highest BCUT2D eigenvalue weighted by molar-refractivity contribution is 7.98. The molecule has 1 aromatic rings. The Morgan fingerprint density at radius 1 is 1.38 bits per heavy atom. The molecule has 0 spiro atoms. The standard InChI is InChI=1S/C13H18O2S/c1-4-11(13(14)15-2)9-10-5-7-12(16-3)8-6-10/h5-8,11H,4,9H2,1-3H3. The highest BCUT2D eigenvalue weighted by Crippen LogP contribution is 2.18. The van der Waals surface area contributed by atoms with E-state index in [1.54, 1.807) is 11.8 Å². The van der Waals surface area contributed by atoms with Gasteiger partial charge in [0.15, 0.2) is 0 Å². The van der Waals surface area contributed by atoms with Crippen LogP contribution >= 0.6 is 11.8 Å². The predicted molar refractivity (Wildman–Crippen MR) is 67.7 cm³/mol. The van der Waals surface area contributed by atoms with Crippen LogP contribution < -0.4 is 0 Å². The largest absolute Gasteiger partial charge is 0.469 e. The summed E-state index contributed by atoms with van der Waals surface area (Å²) in [7, 11) is 1.45. The fourth-order valence-corrected chi connectivity index (χ4v) is 2.02. The summed E-state index contributed by atoms with van der Waals surface area (Å²) in [6.45, 7) is 2.01. The number of hydrogen-bond acceptors (Lipinski definition) is 3. The summed E-state index contributed by atoms with van der Waals surface area (Å²) in [6, 6.07) is 8.34. The maximum atomic E-state index is 11.4. The van der Waals surface area contributed by atoms with E-state index in [2.05, 4.69) is 30.5 Å². The summed E-state index contributed by atoms with van der Waals surface area (Å²) in [4.78, 5) is 12.7. The van der Waals surface area contributed by atoms with Crippen molar-refractivity contribution in [2.75, 3.05) is 13.4 Å². The van der Waals surface area contributed by atoms with Gasteiger partial charge in [-0.3, -0.25) is 4.79 Å². The number of esters is 1. The van der Waals surface area contributed by atoms with Crippen LogP contribution in [-0.4, -0.2) is 19.3 Å². The van der Waals surface area contributed by atoms with Crippen LogP contribution in [0.15, 0.2) is 29.2 Å². The molecule has 0 saturated heterocycles. The van der Waals surface area contributed by atoms with E-state index in [-0.39, 0.29) is 11.9 Å². The molecule has 0 bridgehead atoms. The van der Waals surface area contributed by atoms with Crippen LogP contribution in [0.5, 0.6) is 0 Å². The summed E-state index contributed by atoms with van der Waals surface area (Å²) >= 11 is 1.72. The topological polar surface area (TPSA) is 26.3 Å². The van der Waals surface area contributed by atoms with Gasteiger partial charge in [-0.25, -0.2) is 0 Å². The van der Waals surface area contributed by atoms with E-state index in [1.807, 2.05) is 6.92 Å². The minimum absolute atomic E-state index is 0.0230. The monoisotopic (exact) mass is 238 g/mol. The van der Waals surface area contributed by atoms with Gasteiger partial charge in [0.05, 0.1) is 13.0 Å². The van der Waals surface area contributed by atoms with Crippen molar-refractivity contribution in [3.05, 3.63) is 29.8 Å². The zero-order valence-corrected chi connectivity index (χ0v) is 10.8. The van der Waals surface area contributed by atoms with E-state index in [0.29, 0.717) is 0 Å². The normalized spacial score (nSPS) is 12.2. The second-order valence-corrected chi connectivity index (χ2v) is 4.56. The van der Waals surface area contributed by atoms with Gasteiger partial charge in [-0.15, -0.1) is 11.8 Å². The Balaban J connectivity index is 2.66. The molecule has 0 heterocycles. The molecular weight excluding hydrogens is 220 g/mol. The van der Waals surface area contributed by atoms with E-state index in [0.717, 1.165) is 12.8 Å². The Bertz CT molecular complexity index is 332. The molecule has 0 aliphatic heterocycles. The highest BCUT2D eigenvalue weighted by atomic mass is 32.2. The maximum Gasteiger partial charge on any atom is 0.308 e. The smallest absolute Gasteiger partial charge is 0.308 e. The molecule has 88 valence electrons. The number of carbonyl (C=O) groups is 1. The van der Waals surface area contributed by atoms with Crippen molar-refractivity contribution < 1.29 is 9.53 Å². The minimum Gasteiger partial charge on any atom is -0.469 e. The number of benzene rings is 1. The summed E-state index contributed by atoms with van der Waals surface area (Å²) in [6.07, 6.45) is 3.63. The van der Waals surface area contributed by atoms with Crippen molar-refractivity contribution in [3.8, 4) is 0 Å². The number of methoxy groups -OCH3 is 1. The SMILES string of the molecule is CCC(Cc1ccc(SC)cc1)C(=O)OC. The molecule has 1 rings (SSSR count). The van der Waals surface area contributed by atoms with Crippen molar-refractivity contribution in [1.82, 2.24) is 0 Å². The van der Waals surface area contributed by atoms with Crippen LogP contribution in [0, 0.1) is 5.92 Å². The maximum absolute atomic E-state index is 11.4. The molecule has 0 radical (unpaired) electrons. The number of carbonyl (C=O) groups excluding carboxylic acids is 1. The van der Waals surface area contributed by atoms with Crippen LogP contribution in [-0.2, 0) is 16.0 Å². The highest BCUT2D eigenvalue weighted by Gasteiger charge is 2.17.